The Balaban J connectivity index is 1.92. The molecule has 2 aromatic rings. The van der Waals surface area contributed by atoms with Gasteiger partial charge in [0.25, 0.3) is 0 Å². The zero-order chi connectivity index (χ0) is 14.8. The third-order valence-electron chi connectivity index (χ3n) is 3.46. The molecular formula is C16H16ClNO3. The maximum atomic E-state index is 6.33. The fourth-order valence-electron chi connectivity index (χ4n) is 2.32. The summed E-state index contributed by atoms with van der Waals surface area (Å²) in [6, 6.07) is 11.0. The van der Waals surface area contributed by atoms with Crippen LogP contribution >= 0.6 is 11.6 Å². The van der Waals surface area contributed by atoms with Crippen molar-refractivity contribution in [3.63, 3.8) is 0 Å². The van der Waals surface area contributed by atoms with Gasteiger partial charge in [-0.05, 0) is 35.4 Å². The molecule has 0 aliphatic carbocycles. The van der Waals surface area contributed by atoms with Gasteiger partial charge in [-0.1, -0.05) is 23.7 Å². The topological polar surface area (TPSA) is 53.7 Å². The first-order chi connectivity index (χ1) is 10.2. The summed E-state index contributed by atoms with van der Waals surface area (Å²) in [7, 11) is 1.58. The molecule has 0 saturated carbocycles. The minimum absolute atomic E-state index is 0.285. The molecule has 0 saturated heterocycles. The highest BCUT2D eigenvalue weighted by Gasteiger charge is 2.16. The first-order valence-corrected chi connectivity index (χ1v) is 7.05. The van der Waals surface area contributed by atoms with E-state index in [0.717, 1.165) is 22.6 Å². The van der Waals surface area contributed by atoms with Gasteiger partial charge >= 0.3 is 0 Å². The minimum atomic E-state index is -0.285. The number of rotatable bonds is 3. The standard InChI is InChI=1S/C16H16ClNO3/c1-19-14-8-10(2-4-12(14)17)16(18)11-3-5-13-15(9-11)21-7-6-20-13/h2-5,8-9,16H,6-7,18H2,1H3. The summed E-state index contributed by atoms with van der Waals surface area (Å²) >= 11 is 6.04. The molecule has 0 radical (unpaired) electrons. The van der Waals surface area contributed by atoms with Crippen molar-refractivity contribution < 1.29 is 14.2 Å². The molecule has 0 amide bonds. The van der Waals surface area contributed by atoms with E-state index in [-0.39, 0.29) is 6.04 Å². The smallest absolute Gasteiger partial charge is 0.161 e. The molecule has 2 aromatic carbocycles. The van der Waals surface area contributed by atoms with Gasteiger partial charge in [-0.15, -0.1) is 0 Å². The van der Waals surface area contributed by atoms with E-state index in [2.05, 4.69) is 0 Å². The van der Waals surface area contributed by atoms with Crippen LogP contribution in [0, 0.1) is 0 Å². The normalized spacial score (nSPS) is 14.6. The fourth-order valence-corrected chi connectivity index (χ4v) is 2.51. The number of halogens is 1. The summed E-state index contributed by atoms with van der Waals surface area (Å²) in [5.41, 5.74) is 8.20. The van der Waals surface area contributed by atoms with Crippen LogP contribution in [0.15, 0.2) is 36.4 Å². The molecule has 0 bridgehead atoms. The predicted molar refractivity (Wildman–Crippen MR) is 81.5 cm³/mol. The highest BCUT2D eigenvalue weighted by atomic mass is 35.5. The second-order valence-electron chi connectivity index (χ2n) is 4.77. The van der Waals surface area contributed by atoms with Gasteiger partial charge in [-0.25, -0.2) is 0 Å². The summed E-state index contributed by atoms with van der Waals surface area (Å²) in [5, 5.41) is 0.565. The van der Waals surface area contributed by atoms with E-state index in [9.17, 15) is 0 Å². The van der Waals surface area contributed by atoms with Crippen LogP contribution in [0.1, 0.15) is 17.2 Å². The van der Waals surface area contributed by atoms with E-state index < -0.39 is 0 Å². The molecule has 0 spiro atoms. The van der Waals surface area contributed by atoms with E-state index in [1.54, 1.807) is 13.2 Å². The average Bonchev–Trinajstić information content (AvgIpc) is 2.54. The Kier molecular flexibility index (Phi) is 3.90. The van der Waals surface area contributed by atoms with Crippen molar-refractivity contribution in [1.29, 1.82) is 0 Å². The highest BCUT2D eigenvalue weighted by Crippen LogP contribution is 2.35. The number of benzene rings is 2. The predicted octanol–water partition coefficient (Wildman–Crippen LogP) is 3.17. The largest absolute Gasteiger partial charge is 0.495 e. The van der Waals surface area contributed by atoms with Crippen molar-refractivity contribution in [3.05, 3.63) is 52.5 Å². The first-order valence-electron chi connectivity index (χ1n) is 6.67. The molecule has 0 fully saturated rings. The Bertz CT molecular complexity index is 660. The van der Waals surface area contributed by atoms with E-state index in [0.29, 0.717) is 24.0 Å². The maximum Gasteiger partial charge on any atom is 0.161 e. The number of ether oxygens (including phenoxy) is 3. The number of fused-ring (bicyclic) bond motifs is 1. The van der Waals surface area contributed by atoms with Crippen molar-refractivity contribution in [3.8, 4) is 17.2 Å². The van der Waals surface area contributed by atoms with Crippen molar-refractivity contribution in [2.24, 2.45) is 5.73 Å². The highest BCUT2D eigenvalue weighted by molar-refractivity contribution is 6.32. The molecule has 1 heterocycles. The van der Waals surface area contributed by atoms with Crippen LogP contribution < -0.4 is 19.9 Å². The van der Waals surface area contributed by atoms with Crippen LogP contribution in [-0.2, 0) is 0 Å². The van der Waals surface area contributed by atoms with Gasteiger partial charge in [-0.2, -0.15) is 0 Å². The van der Waals surface area contributed by atoms with Gasteiger partial charge in [0.05, 0.1) is 18.2 Å². The molecule has 2 N–H and O–H groups in total. The van der Waals surface area contributed by atoms with Crippen LogP contribution in [0.25, 0.3) is 0 Å². The van der Waals surface area contributed by atoms with Crippen molar-refractivity contribution in [2.75, 3.05) is 20.3 Å². The number of hydrogen-bond donors (Lipinski definition) is 1. The van der Waals surface area contributed by atoms with E-state index in [1.807, 2.05) is 30.3 Å². The Morgan fingerprint density at radius 1 is 1.05 bits per heavy atom. The Morgan fingerprint density at radius 2 is 1.71 bits per heavy atom. The summed E-state index contributed by atoms with van der Waals surface area (Å²) in [6.07, 6.45) is 0. The van der Waals surface area contributed by atoms with Gasteiger partial charge in [0.15, 0.2) is 11.5 Å². The molecule has 21 heavy (non-hydrogen) atoms. The number of methoxy groups -OCH3 is 1. The van der Waals surface area contributed by atoms with Crippen molar-refractivity contribution in [2.45, 2.75) is 6.04 Å². The lowest BCUT2D eigenvalue weighted by Crippen LogP contribution is -2.17. The lowest BCUT2D eigenvalue weighted by atomic mass is 9.99. The first kappa shape index (κ1) is 14.0. The zero-order valence-electron chi connectivity index (χ0n) is 11.6. The van der Waals surface area contributed by atoms with Gasteiger partial charge < -0.3 is 19.9 Å². The van der Waals surface area contributed by atoms with E-state index in [1.165, 1.54) is 0 Å². The summed E-state index contributed by atoms with van der Waals surface area (Å²) in [6.45, 7) is 1.13. The van der Waals surface area contributed by atoms with Crippen LogP contribution in [0.2, 0.25) is 5.02 Å². The minimum Gasteiger partial charge on any atom is -0.495 e. The van der Waals surface area contributed by atoms with Crippen LogP contribution in [0.4, 0.5) is 0 Å². The molecule has 0 aromatic heterocycles. The summed E-state index contributed by atoms with van der Waals surface area (Å²) in [4.78, 5) is 0. The average molecular weight is 306 g/mol. The second-order valence-corrected chi connectivity index (χ2v) is 5.18. The summed E-state index contributed by atoms with van der Waals surface area (Å²) < 4.78 is 16.3. The van der Waals surface area contributed by atoms with Crippen molar-refractivity contribution >= 4 is 11.6 Å². The molecule has 110 valence electrons. The van der Waals surface area contributed by atoms with Crippen LogP contribution in [0.3, 0.4) is 0 Å². The monoisotopic (exact) mass is 305 g/mol. The van der Waals surface area contributed by atoms with E-state index in [4.69, 9.17) is 31.5 Å². The second kappa shape index (κ2) is 5.84. The molecule has 3 rings (SSSR count). The Hall–Kier alpha value is -1.91. The maximum absolute atomic E-state index is 6.33. The van der Waals surface area contributed by atoms with Gasteiger partial charge in [0.2, 0.25) is 0 Å². The van der Waals surface area contributed by atoms with Crippen LogP contribution in [0.5, 0.6) is 17.2 Å². The Labute approximate surface area is 128 Å². The van der Waals surface area contributed by atoms with Crippen LogP contribution in [-0.4, -0.2) is 20.3 Å². The molecule has 5 heteroatoms. The molecule has 1 unspecified atom stereocenters. The molecule has 1 atom stereocenters. The van der Waals surface area contributed by atoms with Crippen molar-refractivity contribution in [1.82, 2.24) is 0 Å². The lowest BCUT2D eigenvalue weighted by Gasteiger charge is -2.21. The Morgan fingerprint density at radius 3 is 2.48 bits per heavy atom. The molecule has 1 aliphatic rings. The van der Waals surface area contributed by atoms with Gasteiger partial charge in [-0.3, -0.25) is 0 Å². The third-order valence-corrected chi connectivity index (χ3v) is 3.77. The molecule has 1 aliphatic heterocycles. The SMILES string of the molecule is COc1cc(C(N)c2ccc3c(c2)OCCO3)ccc1Cl. The fraction of sp³-hybridized carbons (Fsp3) is 0.250. The molecular weight excluding hydrogens is 290 g/mol. The molecule has 4 nitrogen and oxygen atoms in total. The number of hydrogen-bond acceptors (Lipinski definition) is 4. The third kappa shape index (κ3) is 2.77. The van der Waals surface area contributed by atoms with Gasteiger partial charge in [0.1, 0.15) is 19.0 Å². The van der Waals surface area contributed by atoms with E-state index >= 15 is 0 Å². The van der Waals surface area contributed by atoms with Gasteiger partial charge in [0, 0.05) is 0 Å². The zero-order valence-corrected chi connectivity index (χ0v) is 12.4. The summed E-state index contributed by atoms with van der Waals surface area (Å²) in [5.74, 6) is 2.10. The quantitative estimate of drug-likeness (QED) is 0.946. The lowest BCUT2D eigenvalue weighted by molar-refractivity contribution is 0.171. The number of nitrogens with two attached hydrogens (primary N) is 1.